The van der Waals surface area contributed by atoms with Gasteiger partial charge < -0.3 is 15.3 Å². The zero-order valence-corrected chi connectivity index (χ0v) is 17.1. The zero-order chi connectivity index (χ0) is 21.1. The normalized spacial score (nSPS) is 14.6. The molecule has 0 unspecified atom stereocenters. The summed E-state index contributed by atoms with van der Waals surface area (Å²) in [5.74, 6) is -0.353. The van der Waals surface area contributed by atoms with E-state index in [1.54, 1.807) is 29.2 Å². The number of carbonyl (C=O) groups excluding carboxylic acids is 2. The molecule has 154 valence electrons. The molecule has 4 rings (SSSR count). The Bertz CT molecular complexity index is 1090. The van der Waals surface area contributed by atoms with E-state index < -0.39 is 0 Å². The van der Waals surface area contributed by atoms with Gasteiger partial charge in [0.25, 0.3) is 5.91 Å². The van der Waals surface area contributed by atoms with Gasteiger partial charge in [0.2, 0.25) is 5.91 Å². The fourth-order valence-electron chi connectivity index (χ4n) is 3.63. The molecule has 2 N–H and O–H groups in total. The molecule has 1 fully saturated rings. The highest BCUT2D eigenvalue weighted by atomic mass is 35.5. The van der Waals surface area contributed by atoms with Crippen molar-refractivity contribution in [3.8, 4) is 5.75 Å². The van der Waals surface area contributed by atoms with Crippen LogP contribution in [0.15, 0.2) is 60.7 Å². The second-order valence-corrected chi connectivity index (χ2v) is 7.72. The first-order valence-corrected chi connectivity index (χ1v) is 10.2. The number of amides is 2. The van der Waals surface area contributed by atoms with Gasteiger partial charge in [0.15, 0.2) is 0 Å². The Labute approximate surface area is 179 Å². The average molecular weight is 424 g/mol. The fraction of sp³-hybridized carbons (Fsp3) is 0.217. The van der Waals surface area contributed by atoms with Crippen LogP contribution >= 0.6 is 11.6 Å². The summed E-state index contributed by atoms with van der Waals surface area (Å²) in [7, 11) is 0. The van der Waals surface area contributed by atoms with Gasteiger partial charge in [-0.1, -0.05) is 48.0 Å². The Hall–Kier alpha value is -3.09. The molecular formula is C23H22ClN3O3. The van der Waals surface area contributed by atoms with Crippen LogP contribution in [0.25, 0.3) is 10.8 Å². The predicted molar refractivity (Wildman–Crippen MR) is 118 cm³/mol. The number of phenolic OH excluding ortho intramolecular Hbond substituents is 1. The van der Waals surface area contributed by atoms with Crippen LogP contribution < -0.4 is 5.32 Å². The molecule has 1 aliphatic rings. The quantitative estimate of drug-likeness (QED) is 0.672. The number of aromatic hydroxyl groups is 1. The summed E-state index contributed by atoms with van der Waals surface area (Å²) in [4.78, 5) is 28.9. The van der Waals surface area contributed by atoms with E-state index in [1.165, 1.54) is 0 Å². The maximum absolute atomic E-state index is 12.9. The van der Waals surface area contributed by atoms with E-state index in [4.69, 9.17) is 11.6 Å². The molecule has 2 amide bonds. The zero-order valence-electron chi connectivity index (χ0n) is 16.3. The summed E-state index contributed by atoms with van der Waals surface area (Å²) in [5, 5.41) is 15.4. The van der Waals surface area contributed by atoms with Crippen LogP contribution in [0.3, 0.4) is 0 Å². The molecule has 1 heterocycles. The summed E-state index contributed by atoms with van der Waals surface area (Å²) in [6.45, 7) is 2.37. The van der Waals surface area contributed by atoms with Gasteiger partial charge in [-0.25, -0.2) is 0 Å². The average Bonchev–Trinajstić information content (AvgIpc) is 2.75. The van der Waals surface area contributed by atoms with Crippen molar-refractivity contribution in [2.45, 2.75) is 0 Å². The lowest BCUT2D eigenvalue weighted by Crippen LogP contribution is -2.50. The molecule has 6 nitrogen and oxygen atoms in total. The van der Waals surface area contributed by atoms with E-state index in [9.17, 15) is 14.7 Å². The van der Waals surface area contributed by atoms with Crippen LogP contribution in [0.5, 0.6) is 5.75 Å². The molecule has 1 saturated heterocycles. The van der Waals surface area contributed by atoms with Crippen LogP contribution in [0.4, 0.5) is 5.69 Å². The molecule has 0 saturated carbocycles. The van der Waals surface area contributed by atoms with E-state index in [-0.39, 0.29) is 24.1 Å². The van der Waals surface area contributed by atoms with Crippen molar-refractivity contribution in [1.82, 2.24) is 9.80 Å². The summed E-state index contributed by atoms with van der Waals surface area (Å²) in [5.41, 5.74) is 0.892. The van der Waals surface area contributed by atoms with Crippen molar-refractivity contribution < 1.29 is 14.7 Å². The van der Waals surface area contributed by atoms with Gasteiger partial charge in [0, 0.05) is 26.2 Å². The molecule has 3 aromatic carbocycles. The van der Waals surface area contributed by atoms with Crippen molar-refractivity contribution in [3.05, 3.63) is 71.2 Å². The maximum atomic E-state index is 12.9. The number of para-hydroxylation sites is 1. The van der Waals surface area contributed by atoms with Crippen LogP contribution in [-0.2, 0) is 4.79 Å². The van der Waals surface area contributed by atoms with Gasteiger partial charge in [0.05, 0.1) is 22.8 Å². The number of hydrogen-bond donors (Lipinski definition) is 2. The molecule has 0 radical (unpaired) electrons. The largest absolute Gasteiger partial charge is 0.507 e. The fourth-order valence-corrected chi connectivity index (χ4v) is 3.82. The van der Waals surface area contributed by atoms with Crippen molar-refractivity contribution >= 4 is 39.9 Å². The van der Waals surface area contributed by atoms with Crippen molar-refractivity contribution in [3.63, 3.8) is 0 Å². The van der Waals surface area contributed by atoms with Crippen LogP contribution in [0, 0.1) is 0 Å². The summed E-state index contributed by atoms with van der Waals surface area (Å²) in [6.07, 6.45) is 0. The number of fused-ring (bicyclic) bond motifs is 1. The first-order chi connectivity index (χ1) is 14.5. The van der Waals surface area contributed by atoms with E-state index in [0.717, 1.165) is 10.8 Å². The van der Waals surface area contributed by atoms with Gasteiger partial charge in [-0.3, -0.25) is 14.5 Å². The number of nitrogens with zero attached hydrogens (tertiary/aromatic N) is 2. The minimum absolute atomic E-state index is 0.0137. The SMILES string of the molecule is O=C(CN1CCN(C(=O)c2cc3ccccc3cc2O)CC1)Nc1ccccc1Cl. The Balaban J connectivity index is 1.35. The number of piperazine rings is 1. The van der Waals surface area contributed by atoms with Crippen LogP contribution in [0.1, 0.15) is 10.4 Å². The minimum Gasteiger partial charge on any atom is -0.507 e. The Morgan fingerprint density at radius 1 is 0.933 bits per heavy atom. The molecule has 3 aromatic rings. The summed E-state index contributed by atoms with van der Waals surface area (Å²) >= 11 is 6.08. The maximum Gasteiger partial charge on any atom is 0.257 e. The van der Waals surface area contributed by atoms with Gasteiger partial charge in [-0.2, -0.15) is 0 Å². The Morgan fingerprint density at radius 2 is 1.57 bits per heavy atom. The Kier molecular flexibility index (Phi) is 5.88. The standard InChI is InChI=1S/C23H22ClN3O3/c24-19-7-3-4-8-20(19)25-22(29)15-26-9-11-27(12-10-26)23(30)18-13-16-5-1-2-6-17(16)14-21(18)28/h1-8,13-14,28H,9-12,15H2,(H,25,29). The second-order valence-electron chi connectivity index (χ2n) is 7.31. The topological polar surface area (TPSA) is 72.9 Å². The number of rotatable bonds is 4. The van der Waals surface area contributed by atoms with Gasteiger partial charge in [-0.05, 0) is 35.0 Å². The second kappa shape index (κ2) is 8.73. The smallest absolute Gasteiger partial charge is 0.257 e. The van der Waals surface area contributed by atoms with Gasteiger partial charge >= 0.3 is 0 Å². The summed E-state index contributed by atoms with van der Waals surface area (Å²) in [6, 6.07) is 18.1. The molecule has 30 heavy (non-hydrogen) atoms. The van der Waals surface area contributed by atoms with Gasteiger partial charge in [-0.15, -0.1) is 0 Å². The highest BCUT2D eigenvalue weighted by molar-refractivity contribution is 6.33. The molecule has 7 heteroatoms. The number of halogens is 1. The Morgan fingerprint density at radius 3 is 2.27 bits per heavy atom. The minimum atomic E-state index is -0.196. The van der Waals surface area contributed by atoms with Crippen LogP contribution in [0.2, 0.25) is 5.02 Å². The number of nitrogens with one attached hydrogen (secondary N) is 1. The third-order valence-corrected chi connectivity index (χ3v) is 5.60. The molecule has 0 spiro atoms. The third kappa shape index (κ3) is 4.40. The van der Waals surface area contributed by atoms with Crippen molar-refractivity contribution in [1.29, 1.82) is 0 Å². The molecule has 1 aliphatic heterocycles. The lowest BCUT2D eigenvalue weighted by atomic mass is 10.0. The van der Waals surface area contributed by atoms with Gasteiger partial charge in [0.1, 0.15) is 5.75 Å². The van der Waals surface area contributed by atoms with Crippen LogP contribution in [-0.4, -0.2) is 59.4 Å². The van der Waals surface area contributed by atoms with Crippen molar-refractivity contribution in [2.75, 3.05) is 38.0 Å². The summed E-state index contributed by atoms with van der Waals surface area (Å²) < 4.78 is 0. The number of hydrogen-bond acceptors (Lipinski definition) is 4. The van der Waals surface area contributed by atoms with E-state index >= 15 is 0 Å². The van der Waals surface area contributed by atoms with E-state index in [0.29, 0.717) is 42.5 Å². The highest BCUT2D eigenvalue weighted by Crippen LogP contribution is 2.26. The molecular weight excluding hydrogens is 402 g/mol. The molecule has 0 aliphatic carbocycles. The highest BCUT2D eigenvalue weighted by Gasteiger charge is 2.25. The predicted octanol–water partition coefficient (Wildman–Crippen LogP) is 3.60. The first kappa shape index (κ1) is 20.2. The molecule has 0 bridgehead atoms. The number of anilines is 1. The van der Waals surface area contributed by atoms with Crippen molar-refractivity contribution in [2.24, 2.45) is 0 Å². The van der Waals surface area contributed by atoms with E-state index in [2.05, 4.69) is 5.32 Å². The third-order valence-electron chi connectivity index (χ3n) is 5.27. The lowest BCUT2D eigenvalue weighted by Gasteiger charge is -2.34. The first-order valence-electron chi connectivity index (χ1n) is 9.79. The number of carbonyl (C=O) groups is 2. The number of phenols is 1. The monoisotopic (exact) mass is 423 g/mol. The molecule has 0 atom stereocenters. The lowest BCUT2D eigenvalue weighted by molar-refractivity contribution is -0.117. The molecule has 0 aromatic heterocycles. The van der Waals surface area contributed by atoms with E-state index in [1.807, 2.05) is 41.3 Å². The number of benzene rings is 3.